The van der Waals surface area contributed by atoms with Crippen LogP contribution in [0.3, 0.4) is 0 Å². The Balaban J connectivity index is 1.31. The van der Waals surface area contributed by atoms with Crippen molar-refractivity contribution in [3.63, 3.8) is 0 Å². The largest absolute Gasteiger partial charge is 0.381 e. The lowest BCUT2D eigenvalue weighted by Gasteiger charge is -2.27. The van der Waals surface area contributed by atoms with E-state index in [1.807, 2.05) is 42.3 Å². The molecule has 2 atom stereocenters. The maximum absolute atomic E-state index is 13.2. The number of amides is 2. The number of benzene rings is 1. The second-order valence-electron chi connectivity index (χ2n) is 8.76. The SMILES string of the molecule is CC(NC(=O)N1Cc2nc(NC3CCOCC3)ncc2C1C1CC1)c1cccc(Cl)c1. The van der Waals surface area contributed by atoms with Crippen LogP contribution < -0.4 is 10.6 Å². The number of nitrogens with zero attached hydrogens (tertiary/aromatic N) is 3. The van der Waals surface area contributed by atoms with Crippen molar-refractivity contribution in [1.82, 2.24) is 20.2 Å². The van der Waals surface area contributed by atoms with E-state index in [4.69, 9.17) is 21.3 Å². The molecule has 7 nitrogen and oxygen atoms in total. The van der Waals surface area contributed by atoms with Gasteiger partial charge in [0.2, 0.25) is 5.95 Å². The fraction of sp³-hybridized carbons (Fsp3) is 0.522. The summed E-state index contributed by atoms with van der Waals surface area (Å²) in [6, 6.07) is 7.81. The van der Waals surface area contributed by atoms with Gasteiger partial charge in [0.25, 0.3) is 0 Å². The number of ether oxygens (including phenoxy) is 1. The molecule has 1 aliphatic carbocycles. The minimum absolute atomic E-state index is 0.0543. The number of carbonyl (C=O) groups is 1. The molecule has 0 bridgehead atoms. The van der Waals surface area contributed by atoms with Gasteiger partial charge in [-0.2, -0.15) is 0 Å². The molecule has 0 radical (unpaired) electrons. The lowest BCUT2D eigenvalue weighted by atomic mass is 10.1. The summed E-state index contributed by atoms with van der Waals surface area (Å²) in [6.45, 7) is 4.03. The first-order valence-electron chi connectivity index (χ1n) is 11.1. The highest BCUT2D eigenvalue weighted by atomic mass is 35.5. The van der Waals surface area contributed by atoms with E-state index in [1.165, 1.54) is 0 Å². The van der Waals surface area contributed by atoms with Crippen molar-refractivity contribution >= 4 is 23.6 Å². The first kappa shape index (κ1) is 20.5. The molecule has 1 aromatic heterocycles. The van der Waals surface area contributed by atoms with E-state index in [9.17, 15) is 4.79 Å². The maximum Gasteiger partial charge on any atom is 0.318 e. The summed E-state index contributed by atoms with van der Waals surface area (Å²) >= 11 is 6.12. The van der Waals surface area contributed by atoms with Crippen LogP contribution in [-0.4, -0.2) is 40.2 Å². The van der Waals surface area contributed by atoms with E-state index in [2.05, 4.69) is 15.6 Å². The van der Waals surface area contributed by atoms with Crippen LogP contribution in [0.15, 0.2) is 30.5 Å². The van der Waals surface area contributed by atoms with E-state index in [1.54, 1.807) is 0 Å². The molecule has 1 saturated heterocycles. The lowest BCUT2D eigenvalue weighted by Crippen LogP contribution is -2.40. The van der Waals surface area contributed by atoms with E-state index < -0.39 is 0 Å². The molecule has 8 heteroatoms. The molecule has 1 aromatic carbocycles. The molecular formula is C23H28ClN5O2. The number of aromatic nitrogens is 2. The molecule has 0 spiro atoms. The van der Waals surface area contributed by atoms with Gasteiger partial charge in [-0.1, -0.05) is 23.7 Å². The second-order valence-corrected chi connectivity index (χ2v) is 9.20. The van der Waals surface area contributed by atoms with Gasteiger partial charge in [0, 0.05) is 36.0 Å². The van der Waals surface area contributed by atoms with Crippen LogP contribution in [0.25, 0.3) is 0 Å². The van der Waals surface area contributed by atoms with Crippen molar-refractivity contribution in [3.8, 4) is 0 Å². The Kier molecular flexibility index (Phi) is 5.71. The minimum Gasteiger partial charge on any atom is -0.381 e. The van der Waals surface area contributed by atoms with Crippen molar-refractivity contribution in [2.45, 2.75) is 57.3 Å². The summed E-state index contributed by atoms with van der Waals surface area (Å²) in [6.07, 6.45) is 6.11. The molecule has 31 heavy (non-hydrogen) atoms. The van der Waals surface area contributed by atoms with Crippen molar-refractivity contribution in [3.05, 3.63) is 52.3 Å². The second kappa shape index (κ2) is 8.63. The average Bonchev–Trinajstić information content (AvgIpc) is 3.54. The third-order valence-electron chi connectivity index (χ3n) is 6.45. The molecule has 3 heterocycles. The average molecular weight is 442 g/mol. The number of halogens is 1. The zero-order chi connectivity index (χ0) is 21.4. The van der Waals surface area contributed by atoms with Crippen molar-refractivity contribution in [2.75, 3.05) is 18.5 Å². The number of hydrogen-bond donors (Lipinski definition) is 2. The zero-order valence-electron chi connectivity index (χ0n) is 17.7. The quantitative estimate of drug-likeness (QED) is 0.716. The van der Waals surface area contributed by atoms with Gasteiger partial charge in [0.15, 0.2) is 0 Å². The molecule has 164 valence electrons. The van der Waals surface area contributed by atoms with Crippen LogP contribution in [0.5, 0.6) is 0 Å². The summed E-state index contributed by atoms with van der Waals surface area (Å²) < 4.78 is 5.43. The van der Waals surface area contributed by atoms with Gasteiger partial charge < -0.3 is 20.3 Å². The van der Waals surface area contributed by atoms with Crippen LogP contribution >= 0.6 is 11.6 Å². The lowest BCUT2D eigenvalue weighted by molar-refractivity contribution is 0.0903. The van der Waals surface area contributed by atoms with Crippen molar-refractivity contribution < 1.29 is 9.53 Å². The van der Waals surface area contributed by atoms with E-state index >= 15 is 0 Å². The van der Waals surface area contributed by atoms with Gasteiger partial charge in [-0.15, -0.1) is 0 Å². The number of anilines is 1. The Hall–Kier alpha value is -2.38. The van der Waals surface area contributed by atoms with Crippen LogP contribution in [0, 0.1) is 5.92 Å². The molecular weight excluding hydrogens is 414 g/mol. The fourth-order valence-corrected chi connectivity index (χ4v) is 4.77. The highest BCUT2D eigenvalue weighted by molar-refractivity contribution is 6.30. The van der Waals surface area contributed by atoms with E-state index in [-0.39, 0.29) is 18.1 Å². The fourth-order valence-electron chi connectivity index (χ4n) is 4.57. The monoisotopic (exact) mass is 441 g/mol. The normalized spacial score (nSPS) is 22.1. The topological polar surface area (TPSA) is 79.4 Å². The number of urea groups is 1. The molecule has 2 unspecified atom stereocenters. The predicted molar refractivity (Wildman–Crippen MR) is 119 cm³/mol. The van der Waals surface area contributed by atoms with Crippen molar-refractivity contribution in [1.29, 1.82) is 0 Å². The maximum atomic E-state index is 13.2. The third-order valence-corrected chi connectivity index (χ3v) is 6.68. The van der Waals surface area contributed by atoms with Gasteiger partial charge in [0.1, 0.15) is 0 Å². The molecule has 2 aromatic rings. The third kappa shape index (κ3) is 4.48. The molecule has 3 aliphatic rings. The summed E-state index contributed by atoms with van der Waals surface area (Å²) in [5.41, 5.74) is 3.03. The minimum atomic E-state index is -0.133. The number of fused-ring (bicyclic) bond motifs is 1. The first-order chi connectivity index (χ1) is 15.1. The molecule has 2 N–H and O–H groups in total. The molecule has 5 rings (SSSR count). The van der Waals surface area contributed by atoms with Gasteiger partial charge in [-0.3, -0.25) is 0 Å². The Morgan fingerprint density at radius 2 is 2.06 bits per heavy atom. The Labute approximate surface area is 187 Å². The Bertz CT molecular complexity index is 961. The standard InChI is InChI=1S/C23H28ClN5O2/c1-14(16-3-2-4-17(24)11-16)26-23(30)29-13-20-19(21(29)15-5-6-15)12-25-22(28-20)27-18-7-9-31-10-8-18/h2-4,11-12,14-15,18,21H,5-10,13H2,1H3,(H,26,30)(H,25,27,28). The van der Waals surface area contributed by atoms with Crippen LogP contribution in [-0.2, 0) is 11.3 Å². The van der Waals surface area contributed by atoms with E-state index in [0.29, 0.717) is 29.5 Å². The number of carbonyl (C=O) groups excluding carboxylic acids is 1. The number of nitrogens with one attached hydrogen (secondary N) is 2. The predicted octanol–water partition coefficient (Wildman–Crippen LogP) is 4.46. The smallest absolute Gasteiger partial charge is 0.318 e. The molecule has 2 aliphatic heterocycles. The highest BCUT2D eigenvalue weighted by Crippen LogP contribution is 2.49. The van der Waals surface area contributed by atoms with Crippen LogP contribution in [0.1, 0.15) is 61.5 Å². The van der Waals surface area contributed by atoms with Crippen LogP contribution in [0.2, 0.25) is 5.02 Å². The van der Waals surface area contributed by atoms with Gasteiger partial charge in [0.05, 0.1) is 24.3 Å². The Morgan fingerprint density at radius 3 is 2.81 bits per heavy atom. The summed E-state index contributed by atoms with van der Waals surface area (Å²) in [5.74, 6) is 1.14. The zero-order valence-corrected chi connectivity index (χ0v) is 18.4. The first-order valence-corrected chi connectivity index (χ1v) is 11.5. The number of hydrogen-bond acceptors (Lipinski definition) is 5. The Morgan fingerprint density at radius 1 is 1.26 bits per heavy atom. The van der Waals surface area contributed by atoms with Gasteiger partial charge >= 0.3 is 6.03 Å². The van der Waals surface area contributed by atoms with Crippen LogP contribution in [0.4, 0.5) is 10.7 Å². The highest BCUT2D eigenvalue weighted by Gasteiger charge is 2.44. The molecule has 2 fully saturated rings. The summed E-state index contributed by atoms with van der Waals surface area (Å²) in [7, 11) is 0. The van der Waals surface area contributed by atoms with Crippen molar-refractivity contribution in [2.24, 2.45) is 5.92 Å². The molecule has 1 saturated carbocycles. The van der Waals surface area contributed by atoms with E-state index in [0.717, 1.165) is 55.7 Å². The molecule has 2 amide bonds. The summed E-state index contributed by atoms with van der Waals surface area (Å²) in [4.78, 5) is 24.5. The van der Waals surface area contributed by atoms with Gasteiger partial charge in [-0.05, 0) is 56.2 Å². The summed E-state index contributed by atoms with van der Waals surface area (Å²) in [5, 5.41) is 7.25. The van der Waals surface area contributed by atoms with Gasteiger partial charge in [-0.25, -0.2) is 14.8 Å². The number of rotatable bonds is 5.